The molecule has 0 fully saturated rings. The molecule has 30 heavy (non-hydrogen) atoms. The molecule has 0 heterocycles. The fourth-order valence-electron chi connectivity index (χ4n) is 3.03. The van der Waals surface area contributed by atoms with Gasteiger partial charge >= 0.3 is 23.9 Å². The summed E-state index contributed by atoms with van der Waals surface area (Å²) in [6.45, 7) is 11.7. The fourth-order valence-corrected chi connectivity index (χ4v) is 3.03. The van der Waals surface area contributed by atoms with Crippen LogP contribution in [0.5, 0.6) is 0 Å². The van der Waals surface area contributed by atoms with Crippen molar-refractivity contribution in [2.75, 3.05) is 0 Å². The van der Waals surface area contributed by atoms with E-state index in [1.165, 1.54) is 12.1 Å². The maximum Gasteiger partial charge on any atom is 0.437 e. The zero-order valence-corrected chi connectivity index (χ0v) is 17.8. The minimum absolute atomic E-state index is 0.0335. The molecule has 1 rings (SSSR count). The number of hydrogen-bond acceptors (Lipinski definition) is 3. The molecule has 1 aromatic rings. The van der Waals surface area contributed by atoms with Crippen molar-refractivity contribution in [3.8, 4) is 0 Å². The molecule has 0 aliphatic carbocycles. The van der Waals surface area contributed by atoms with Crippen molar-refractivity contribution in [2.24, 2.45) is 10.8 Å². The van der Waals surface area contributed by atoms with Gasteiger partial charge < -0.3 is 9.84 Å². The molecule has 1 N–H and O–H groups in total. The van der Waals surface area contributed by atoms with Crippen LogP contribution < -0.4 is 0 Å². The van der Waals surface area contributed by atoms with Gasteiger partial charge in [0.25, 0.3) is 0 Å². The molecule has 0 aliphatic heterocycles. The van der Waals surface area contributed by atoms with Crippen molar-refractivity contribution in [3.05, 3.63) is 35.4 Å². The van der Waals surface area contributed by atoms with E-state index in [0.29, 0.717) is 0 Å². The number of alkyl halides is 6. The largest absolute Gasteiger partial charge is 0.458 e. The Morgan fingerprint density at radius 3 is 1.67 bits per heavy atom. The number of ether oxygens (including phenoxy) is 1. The van der Waals surface area contributed by atoms with Gasteiger partial charge in [0.15, 0.2) is 0 Å². The third-order valence-electron chi connectivity index (χ3n) is 4.73. The highest BCUT2D eigenvalue weighted by Crippen LogP contribution is 2.44. The Bertz CT molecular complexity index is 708. The second-order valence-corrected chi connectivity index (χ2v) is 9.71. The van der Waals surface area contributed by atoms with Gasteiger partial charge in [-0.3, -0.25) is 0 Å². The summed E-state index contributed by atoms with van der Waals surface area (Å²) < 4.78 is 80.3. The molecular formula is C21H28F6O3. The van der Waals surface area contributed by atoms with Crippen molar-refractivity contribution in [1.29, 1.82) is 0 Å². The third-order valence-corrected chi connectivity index (χ3v) is 4.73. The number of rotatable bonds is 5. The number of halogens is 6. The fraction of sp³-hybridized carbons (Fsp3) is 0.667. The smallest absolute Gasteiger partial charge is 0.437 e. The lowest BCUT2D eigenvalue weighted by Crippen LogP contribution is -2.62. The van der Waals surface area contributed by atoms with Crippen LogP contribution in [0.2, 0.25) is 0 Å². The zero-order valence-electron chi connectivity index (χ0n) is 17.8. The Morgan fingerprint density at radius 1 is 0.900 bits per heavy atom. The second-order valence-electron chi connectivity index (χ2n) is 9.71. The first kappa shape index (κ1) is 26.3. The van der Waals surface area contributed by atoms with E-state index in [2.05, 4.69) is 46.3 Å². The molecule has 3 nitrogen and oxygen atoms in total. The van der Waals surface area contributed by atoms with E-state index in [0.717, 1.165) is 12.0 Å². The van der Waals surface area contributed by atoms with Crippen LogP contribution >= 0.6 is 0 Å². The van der Waals surface area contributed by atoms with E-state index >= 15 is 0 Å². The van der Waals surface area contributed by atoms with E-state index in [4.69, 9.17) is 5.11 Å². The summed E-state index contributed by atoms with van der Waals surface area (Å²) in [6, 6.07) is 6.38. The molecule has 0 aliphatic rings. The molecule has 0 radical (unpaired) electrons. The molecule has 0 spiro atoms. The van der Waals surface area contributed by atoms with Gasteiger partial charge in [0.2, 0.25) is 0 Å². The molecule has 1 atom stereocenters. The van der Waals surface area contributed by atoms with Crippen molar-refractivity contribution < 1.29 is 41.0 Å². The van der Waals surface area contributed by atoms with Gasteiger partial charge in [0.05, 0.1) is 0 Å². The van der Waals surface area contributed by atoms with E-state index in [9.17, 15) is 31.1 Å². The lowest BCUT2D eigenvalue weighted by Gasteiger charge is -2.36. The first-order valence-electron chi connectivity index (χ1n) is 9.32. The number of carbonyl (C=O) groups is 1. The van der Waals surface area contributed by atoms with Crippen LogP contribution in [0.25, 0.3) is 0 Å². The summed E-state index contributed by atoms with van der Waals surface area (Å²) in [7, 11) is 0. The normalized spacial score (nSPS) is 15.1. The predicted molar refractivity (Wildman–Crippen MR) is 99.6 cm³/mol. The summed E-state index contributed by atoms with van der Waals surface area (Å²) in [5.41, 5.74) is -4.48. The summed E-state index contributed by atoms with van der Waals surface area (Å²) in [6.07, 6.45) is -11.7. The Hall–Kier alpha value is -1.77. The van der Waals surface area contributed by atoms with E-state index < -0.39 is 30.5 Å². The van der Waals surface area contributed by atoms with E-state index in [-0.39, 0.29) is 22.3 Å². The third kappa shape index (κ3) is 6.12. The van der Waals surface area contributed by atoms with Gasteiger partial charge in [0, 0.05) is 0 Å². The summed E-state index contributed by atoms with van der Waals surface area (Å²) >= 11 is 0. The monoisotopic (exact) mass is 442 g/mol. The lowest BCUT2D eigenvalue weighted by atomic mass is 9.69. The minimum Gasteiger partial charge on any atom is -0.458 e. The Morgan fingerprint density at radius 2 is 1.33 bits per heavy atom. The maximum atomic E-state index is 12.7. The van der Waals surface area contributed by atoms with Gasteiger partial charge in [0.1, 0.15) is 6.61 Å². The van der Waals surface area contributed by atoms with Crippen LogP contribution in [0.3, 0.4) is 0 Å². The predicted octanol–water partition coefficient (Wildman–Crippen LogP) is 6.15. The topological polar surface area (TPSA) is 46.5 Å². The van der Waals surface area contributed by atoms with Gasteiger partial charge in [-0.2, -0.15) is 26.3 Å². The van der Waals surface area contributed by atoms with Crippen LogP contribution in [-0.2, 0) is 16.1 Å². The van der Waals surface area contributed by atoms with Crippen LogP contribution in [0.1, 0.15) is 65.0 Å². The van der Waals surface area contributed by atoms with Crippen molar-refractivity contribution >= 4 is 5.97 Å². The Labute approximate surface area is 172 Å². The average molecular weight is 442 g/mol. The molecule has 1 unspecified atom stereocenters. The van der Waals surface area contributed by atoms with Gasteiger partial charge in [-0.1, -0.05) is 65.8 Å². The van der Waals surface area contributed by atoms with Crippen LogP contribution in [0, 0.1) is 10.8 Å². The van der Waals surface area contributed by atoms with Crippen LogP contribution in [-0.4, -0.2) is 29.0 Å². The van der Waals surface area contributed by atoms with Gasteiger partial charge in [-0.15, -0.1) is 0 Å². The summed E-state index contributed by atoms with van der Waals surface area (Å²) in [5.74, 6) is -2.67. The molecule has 0 bridgehead atoms. The highest BCUT2D eigenvalue weighted by molar-refractivity contribution is 5.81. The van der Waals surface area contributed by atoms with Crippen molar-refractivity contribution in [2.45, 2.75) is 78.4 Å². The Kier molecular flexibility index (Phi) is 7.35. The summed E-state index contributed by atoms with van der Waals surface area (Å²) in [4.78, 5) is 11.5. The minimum atomic E-state index is -6.26. The van der Waals surface area contributed by atoms with Crippen LogP contribution in [0.15, 0.2) is 24.3 Å². The quantitative estimate of drug-likeness (QED) is 0.439. The zero-order chi connectivity index (χ0) is 23.8. The van der Waals surface area contributed by atoms with E-state index in [1.807, 2.05) is 0 Å². The first-order valence-corrected chi connectivity index (χ1v) is 9.32. The molecule has 9 heteroatoms. The maximum absolute atomic E-state index is 12.7. The van der Waals surface area contributed by atoms with Crippen LogP contribution in [0.4, 0.5) is 26.3 Å². The number of benzene rings is 1. The van der Waals surface area contributed by atoms with Gasteiger partial charge in [-0.25, -0.2) is 4.79 Å². The van der Waals surface area contributed by atoms with E-state index in [1.54, 1.807) is 12.1 Å². The first-order chi connectivity index (χ1) is 13.2. The van der Waals surface area contributed by atoms with Gasteiger partial charge in [-0.05, 0) is 34.3 Å². The number of aliphatic hydroxyl groups is 1. The SMILES string of the molecule is CC(C)(C)CC(c1ccc(COC(=O)C(O)(C(F)(F)F)C(F)(F)F)cc1)C(C)(C)C. The number of carbonyl (C=O) groups excluding carboxylic acids is 1. The summed E-state index contributed by atoms with van der Waals surface area (Å²) in [5, 5.41) is 9.02. The number of esters is 1. The van der Waals surface area contributed by atoms with Crippen molar-refractivity contribution in [1.82, 2.24) is 0 Å². The Balaban J connectivity index is 3.01. The molecule has 1 aromatic carbocycles. The molecule has 0 saturated carbocycles. The van der Waals surface area contributed by atoms with Crippen molar-refractivity contribution in [3.63, 3.8) is 0 Å². The highest BCUT2D eigenvalue weighted by atomic mass is 19.4. The highest BCUT2D eigenvalue weighted by Gasteiger charge is 2.76. The molecule has 0 aromatic heterocycles. The molecule has 0 amide bonds. The average Bonchev–Trinajstić information content (AvgIpc) is 2.53. The number of hydrogen-bond donors (Lipinski definition) is 1. The second kappa shape index (κ2) is 8.40. The standard InChI is InChI=1S/C21H28F6O3/c1-17(2,3)11-15(18(4,5)6)14-9-7-13(8-10-14)12-30-16(28)19(29,20(22,23)24)21(25,26)27/h7-10,15,29H,11-12H2,1-6H3. The molecule has 172 valence electrons. The lowest BCUT2D eigenvalue weighted by molar-refractivity contribution is -0.357. The molecule has 0 saturated heterocycles. The molecular weight excluding hydrogens is 414 g/mol.